The van der Waals surface area contributed by atoms with Crippen LogP contribution in [0.3, 0.4) is 0 Å². The van der Waals surface area contributed by atoms with Crippen molar-refractivity contribution in [2.45, 2.75) is 192 Å². The van der Waals surface area contributed by atoms with E-state index in [1.54, 1.807) is 63.2 Å². The Morgan fingerprint density at radius 3 is 0.922 bits per heavy atom. The van der Waals surface area contributed by atoms with Gasteiger partial charge in [0.25, 0.3) is 23.6 Å². The van der Waals surface area contributed by atoms with Gasteiger partial charge in [-0.15, -0.1) is 24.8 Å². The summed E-state index contributed by atoms with van der Waals surface area (Å²) in [5.74, 6) is -5.17. The van der Waals surface area contributed by atoms with Crippen molar-refractivity contribution in [3.63, 3.8) is 0 Å². The number of carboxylic acids is 1. The third kappa shape index (κ3) is 25.9. The van der Waals surface area contributed by atoms with Gasteiger partial charge in [0.15, 0.2) is 0 Å². The molecule has 686 valence electrons. The van der Waals surface area contributed by atoms with Gasteiger partial charge >= 0.3 is 5.97 Å². The van der Waals surface area contributed by atoms with Crippen LogP contribution in [-0.2, 0) is 62.4 Å². The minimum absolute atomic E-state index is 0. The summed E-state index contributed by atoms with van der Waals surface area (Å²) in [4.78, 5) is 173. The summed E-state index contributed by atoms with van der Waals surface area (Å²) >= 11 is 0. The van der Waals surface area contributed by atoms with Crippen molar-refractivity contribution in [3.8, 4) is 0 Å². The number of halogens is 2. The summed E-state index contributed by atoms with van der Waals surface area (Å²) in [6.07, 6.45) is 5.90. The number of aliphatic hydroxyl groups is 3. The Bertz CT molecular complexity index is 5150. The first-order valence-corrected chi connectivity index (χ1v) is 44.1. The molecular formula is C97H122Cl2N12O17. The number of aliphatic hydroxyl groups excluding tert-OH is 3. The number of likely N-dealkylation sites (tertiary alicyclic amines) is 3. The molecular weight excluding hydrogens is 1680 g/mol. The van der Waals surface area contributed by atoms with Crippen LogP contribution in [-0.4, -0.2) is 235 Å². The molecule has 31 heteroatoms. The average molecular weight is 1800 g/mol. The number of nitrogens with two attached hydrogens (primary N) is 2. The van der Waals surface area contributed by atoms with E-state index in [0.717, 1.165) is 97.3 Å². The third-order valence-electron chi connectivity index (χ3n) is 24.3. The lowest BCUT2D eigenvalue weighted by Gasteiger charge is -2.29. The second kappa shape index (κ2) is 49.1. The van der Waals surface area contributed by atoms with Crippen molar-refractivity contribution in [3.05, 3.63) is 215 Å². The molecule has 0 bridgehead atoms. The number of carboxylic acid groups (broad SMARTS) is 1. The number of rotatable bonds is 34. The zero-order valence-corrected chi connectivity index (χ0v) is 75.1. The quantitative estimate of drug-likeness (QED) is 0.0168. The summed E-state index contributed by atoms with van der Waals surface area (Å²) < 4.78 is 0. The fourth-order valence-electron chi connectivity index (χ4n) is 16.9. The highest BCUT2D eigenvalue weighted by atomic mass is 35.5. The summed E-state index contributed by atoms with van der Waals surface area (Å²) in [5.41, 5.74) is 14.6. The Morgan fingerprint density at radius 1 is 0.367 bits per heavy atom. The maximum Gasteiger partial charge on any atom is 0.326 e. The lowest BCUT2D eigenvalue weighted by Crippen LogP contribution is -2.55. The van der Waals surface area contributed by atoms with Crippen molar-refractivity contribution in [1.29, 1.82) is 0 Å². The Balaban J connectivity index is 0.000000220. The average Bonchev–Trinajstić information content (AvgIpc) is 1.64. The molecule has 128 heavy (non-hydrogen) atoms. The van der Waals surface area contributed by atoms with Crippen LogP contribution in [0.25, 0.3) is 32.3 Å². The van der Waals surface area contributed by atoms with Crippen LogP contribution in [0.4, 0.5) is 0 Å². The van der Waals surface area contributed by atoms with Crippen LogP contribution in [0.2, 0.25) is 0 Å². The molecule has 0 radical (unpaired) electrons. The van der Waals surface area contributed by atoms with Crippen molar-refractivity contribution in [1.82, 2.24) is 51.1 Å². The zero-order valence-electron chi connectivity index (χ0n) is 73.4. The highest BCUT2D eigenvalue weighted by Gasteiger charge is 2.43. The fourth-order valence-corrected chi connectivity index (χ4v) is 16.9. The SMILES string of the molecule is CCC(CC)C(=O)N1CCCC1C(=O)N[C@H](Cc1ccc2ccccc2c1)C(=O)NC[C@@H](O)CN.CCC(CC)C(=O)N1CCCC1C(=O)N[C@H](Cc1ccc2ccccc2c1)C(=O)NC[C@@H](O)CN1C(=O)c2ccccc2C1=O.CCC(CC)C(=O)N1CCCC1C(=O)N[C@H](Cc1ccc2ccccc2c1)C(=O)O.Cl.Cl.NC[C@@H](O)CN1C(=O)c2ccccc2C1=O. The number of nitrogens with zero attached hydrogens (tertiary/aromatic N) is 5. The smallest absolute Gasteiger partial charge is 0.326 e. The first kappa shape index (κ1) is 102. The molecule has 5 aliphatic rings. The summed E-state index contributed by atoms with van der Waals surface area (Å²) in [7, 11) is 0. The molecule has 8 aromatic rings. The Morgan fingerprint density at radius 2 is 0.633 bits per heavy atom. The van der Waals surface area contributed by atoms with Crippen LogP contribution in [0.15, 0.2) is 176 Å². The van der Waals surface area contributed by atoms with Gasteiger partial charge in [-0.25, -0.2) is 4.79 Å². The van der Waals surface area contributed by atoms with E-state index in [0.29, 0.717) is 69.3 Å². The summed E-state index contributed by atoms with van der Waals surface area (Å²) in [6.45, 7) is 12.9. The second-order valence-electron chi connectivity index (χ2n) is 32.7. The standard InChI is InChI=1S/C35H40N4O6.C27H38N4O4.C24H30N2O4.C11H12N2O3.2ClH/c1-3-23(4-2)33(43)38-17-9-14-30(38)32(42)37-29(19-22-15-16-24-10-5-6-11-25(24)18-22)31(41)36-20-26(40)21-39-34(44)27-12-7-8-13-28(27)35(39)45;1-3-19(4-2)27(35)31-13-7-10-24(31)26(34)30-23(25(33)29-17-22(32)16-28)15-18-11-12-20-8-5-6-9-21(20)14-18;1-3-17(4-2)23(28)26-13-7-10-21(26)22(27)25-20(24(29)30)15-16-11-12-18-8-5-6-9-19(18)14-16;12-5-7(14)6-13-10(15)8-3-1-2-4-9(8)11(13)16;;/h5-8,10-13,15-16,18,23,26,29-30,40H,3-4,9,14,17,19-21H2,1-2H3,(H,36,41)(H,37,42);5-6,8-9,11-12,14,19,22-24,32H,3-4,7,10,13,15-17,28H2,1-2H3,(H,29,33)(H,30,34);5-6,8-9,11-12,14,17,20-21H,3-4,7,10,13,15H2,1-2H3,(H,25,27)(H,29,30);1-4,7,14H,5-6,12H2;2*1H/t26-,29-,30?;22-,23+,24?;20-,21?;7-;;/m1011../s1. The van der Waals surface area contributed by atoms with Gasteiger partial charge in [-0.1, -0.05) is 193 Å². The third-order valence-corrected chi connectivity index (χ3v) is 24.3. The molecule has 5 heterocycles. The molecule has 29 nitrogen and oxygen atoms in total. The predicted molar refractivity (Wildman–Crippen MR) is 493 cm³/mol. The number of amides is 12. The Kier molecular flexibility index (Phi) is 39.1. The number of fused-ring (bicyclic) bond motifs is 5. The molecule has 12 amide bonds. The topological polar surface area (TPSA) is 431 Å². The van der Waals surface area contributed by atoms with E-state index in [4.69, 9.17) is 11.5 Å². The van der Waals surface area contributed by atoms with Gasteiger partial charge in [0.2, 0.25) is 47.3 Å². The van der Waals surface area contributed by atoms with E-state index < -0.39 is 84.2 Å². The molecule has 5 aliphatic heterocycles. The molecule has 0 aromatic heterocycles. The maximum absolute atomic E-state index is 13.6. The van der Waals surface area contributed by atoms with Crippen LogP contribution in [0, 0.1) is 17.8 Å². The van der Waals surface area contributed by atoms with Gasteiger partial charge in [0.1, 0.15) is 36.3 Å². The van der Waals surface area contributed by atoms with E-state index in [-0.39, 0.29) is 159 Å². The predicted octanol–water partition coefficient (Wildman–Crippen LogP) is 8.62. The number of carbonyl (C=O) groups excluding carboxylic acids is 12. The lowest BCUT2D eigenvalue weighted by atomic mass is 10.00. The number of carbonyl (C=O) groups is 13. The van der Waals surface area contributed by atoms with E-state index in [2.05, 4.69) is 26.6 Å². The Hall–Kier alpha value is -11.6. The first-order valence-electron chi connectivity index (χ1n) is 44.1. The van der Waals surface area contributed by atoms with Crippen molar-refractivity contribution < 1.29 is 82.8 Å². The summed E-state index contributed by atoms with van der Waals surface area (Å²) in [5, 5.41) is 59.7. The Labute approximate surface area is 759 Å². The van der Waals surface area contributed by atoms with Gasteiger partial charge < -0.3 is 73.2 Å². The van der Waals surface area contributed by atoms with Crippen LogP contribution in [0.1, 0.15) is 177 Å². The van der Waals surface area contributed by atoms with E-state index >= 15 is 0 Å². The molecule has 8 aromatic carbocycles. The zero-order chi connectivity index (χ0) is 90.8. The van der Waals surface area contributed by atoms with E-state index in [9.17, 15) is 82.8 Å². The van der Waals surface area contributed by atoms with Gasteiger partial charge in [-0.2, -0.15) is 0 Å². The monoisotopic (exact) mass is 1800 g/mol. The van der Waals surface area contributed by atoms with Gasteiger partial charge in [0.05, 0.1) is 53.7 Å². The van der Waals surface area contributed by atoms with Crippen molar-refractivity contribution in [2.24, 2.45) is 29.2 Å². The molecule has 0 spiro atoms. The molecule has 3 saturated heterocycles. The van der Waals surface area contributed by atoms with E-state index in [1.807, 2.05) is 169 Å². The lowest BCUT2D eigenvalue weighted by molar-refractivity contribution is -0.145. The van der Waals surface area contributed by atoms with Crippen LogP contribution >= 0.6 is 24.8 Å². The maximum atomic E-state index is 13.6. The fraction of sp³-hybridized carbons (Fsp3) is 0.433. The van der Waals surface area contributed by atoms with Crippen LogP contribution < -0.4 is 38.1 Å². The number of β-amino-alcohol motifs (C(OH)–C–C–N with tert-alkyl or cyclic N) is 2. The minimum Gasteiger partial charge on any atom is -0.480 e. The van der Waals surface area contributed by atoms with Gasteiger partial charge in [-0.3, -0.25) is 67.3 Å². The summed E-state index contributed by atoms with van der Waals surface area (Å²) in [6, 6.07) is 49.6. The normalized spacial score (nSPS) is 17.0. The number of imide groups is 2. The van der Waals surface area contributed by atoms with Gasteiger partial charge in [0, 0.05) is 82.8 Å². The molecule has 9 atom stereocenters. The molecule has 3 unspecified atom stereocenters. The molecule has 13 rings (SSSR count). The molecule has 13 N–H and O–H groups in total. The molecule has 3 fully saturated rings. The largest absolute Gasteiger partial charge is 0.480 e. The number of benzene rings is 8. The van der Waals surface area contributed by atoms with Crippen molar-refractivity contribution in [2.75, 3.05) is 58.9 Å². The highest BCUT2D eigenvalue weighted by molar-refractivity contribution is 6.22. The minimum atomic E-state index is -1.23. The second-order valence-corrected chi connectivity index (χ2v) is 32.7. The highest BCUT2D eigenvalue weighted by Crippen LogP contribution is 2.30. The van der Waals surface area contributed by atoms with E-state index in [1.165, 1.54) is 0 Å². The first-order chi connectivity index (χ1) is 60.7. The number of aliphatic carboxylic acids is 1. The van der Waals surface area contributed by atoms with Crippen LogP contribution in [0.5, 0.6) is 0 Å². The van der Waals surface area contributed by atoms with Crippen molar-refractivity contribution >= 4 is 134 Å². The molecule has 0 saturated carbocycles. The van der Waals surface area contributed by atoms with Gasteiger partial charge in [-0.05, 0) is 150 Å². The number of hydrogen-bond acceptors (Lipinski definition) is 18. The molecule has 0 aliphatic carbocycles. The number of hydrogen-bond donors (Lipinski definition) is 11. The number of nitrogens with one attached hydrogen (secondary N) is 5.